The topological polar surface area (TPSA) is 128 Å². The molecule has 0 aliphatic carbocycles. The number of carbonyl (C=O) groups is 3. The lowest BCUT2D eigenvalue weighted by Crippen LogP contribution is -2.60. The highest BCUT2D eigenvalue weighted by molar-refractivity contribution is 5.93. The van der Waals surface area contributed by atoms with Gasteiger partial charge in [-0.25, -0.2) is 4.79 Å². The quantitative estimate of drug-likeness (QED) is 0.384. The van der Waals surface area contributed by atoms with E-state index < -0.39 is 47.7 Å². The van der Waals surface area contributed by atoms with E-state index in [1.54, 1.807) is 52.8 Å². The zero-order valence-corrected chi connectivity index (χ0v) is 22.4. The fourth-order valence-corrected chi connectivity index (χ4v) is 3.75. The summed E-state index contributed by atoms with van der Waals surface area (Å²) in [5, 5.41) is 26.0. The van der Waals surface area contributed by atoms with E-state index in [0.29, 0.717) is 6.42 Å². The van der Waals surface area contributed by atoms with Gasteiger partial charge in [0, 0.05) is 17.6 Å². The molecule has 0 fully saturated rings. The number of aliphatic hydroxyl groups excluding tert-OH is 1. The highest BCUT2D eigenvalue weighted by Crippen LogP contribution is 2.35. The Morgan fingerprint density at radius 2 is 1.57 bits per heavy atom. The van der Waals surface area contributed by atoms with Gasteiger partial charge in [0.25, 0.3) is 0 Å². The van der Waals surface area contributed by atoms with Crippen molar-refractivity contribution in [3.8, 4) is 5.75 Å². The Bertz CT molecular complexity index is 1070. The lowest BCUT2D eigenvalue weighted by Gasteiger charge is -2.44. The number of hydrogen-bond acceptors (Lipinski definition) is 6. The van der Waals surface area contributed by atoms with Gasteiger partial charge < -0.3 is 30.5 Å². The monoisotopic (exact) mass is 513 g/mol. The second kappa shape index (κ2) is 12.6. The molecule has 0 saturated heterocycles. The van der Waals surface area contributed by atoms with Crippen LogP contribution in [-0.2, 0) is 20.9 Å². The van der Waals surface area contributed by atoms with Gasteiger partial charge in [-0.2, -0.15) is 0 Å². The standard InChI is InChI=1S/C28H39N3O6/c1-7-28(5,6)31(25(35)21(18-32)30-26(36)37-27(2,3)4)23(20-15-11-12-16-22(20)33)24(34)29-17-19-13-9-8-10-14-19/h8-16,21,23,32-33H,7,17-18H2,1-6H3,(H,29,34)(H,30,36). The molecule has 0 saturated carbocycles. The molecular weight excluding hydrogens is 474 g/mol. The number of nitrogens with zero attached hydrogens (tertiary/aromatic N) is 1. The minimum Gasteiger partial charge on any atom is -0.508 e. The maximum absolute atomic E-state index is 13.9. The first-order valence-corrected chi connectivity index (χ1v) is 12.3. The maximum atomic E-state index is 13.9. The molecule has 0 spiro atoms. The summed E-state index contributed by atoms with van der Waals surface area (Å²) in [6, 6.07) is 13.0. The Morgan fingerprint density at radius 3 is 2.11 bits per heavy atom. The summed E-state index contributed by atoms with van der Waals surface area (Å²) in [6.45, 7) is 9.96. The number of ether oxygens (including phenoxy) is 1. The number of phenols is 1. The fraction of sp³-hybridized carbons (Fsp3) is 0.464. The smallest absolute Gasteiger partial charge is 0.408 e. The molecule has 0 aliphatic rings. The highest BCUT2D eigenvalue weighted by atomic mass is 16.6. The van der Waals surface area contributed by atoms with E-state index in [0.717, 1.165) is 5.56 Å². The molecule has 3 amide bonds. The number of alkyl carbamates (subject to hydrolysis) is 1. The van der Waals surface area contributed by atoms with Crippen molar-refractivity contribution >= 4 is 17.9 Å². The molecule has 0 heterocycles. The number of aromatic hydroxyl groups is 1. The van der Waals surface area contributed by atoms with Crippen LogP contribution in [0.3, 0.4) is 0 Å². The number of para-hydroxylation sites is 1. The lowest BCUT2D eigenvalue weighted by molar-refractivity contribution is -0.150. The van der Waals surface area contributed by atoms with Gasteiger partial charge in [-0.1, -0.05) is 55.5 Å². The summed E-state index contributed by atoms with van der Waals surface area (Å²) in [5.74, 6) is -1.37. The summed E-state index contributed by atoms with van der Waals surface area (Å²) in [4.78, 5) is 41.4. The molecule has 9 nitrogen and oxygen atoms in total. The second-order valence-corrected chi connectivity index (χ2v) is 10.4. The third-order valence-corrected chi connectivity index (χ3v) is 5.97. The number of aliphatic hydroxyl groups is 1. The van der Waals surface area contributed by atoms with Gasteiger partial charge in [0.15, 0.2) is 0 Å². The van der Waals surface area contributed by atoms with Crippen LogP contribution >= 0.6 is 0 Å². The van der Waals surface area contributed by atoms with Gasteiger partial charge in [-0.05, 0) is 52.7 Å². The zero-order valence-electron chi connectivity index (χ0n) is 22.4. The van der Waals surface area contributed by atoms with Crippen molar-refractivity contribution < 1.29 is 29.3 Å². The Kier molecular flexibility index (Phi) is 10.1. The normalized spacial score (nSPS) is 13.3. The first-order valence-electron chi connectivity index (χ1n) is 12.3. The van der Waals surface area contributed by atoms with Crippen LogP contribution in [0.25, 0.3) is 0 Å². The Balaban J connectivity index is 2.51. The summed E-state index contributed by atoms with van der Waals surface area (Å²) in [6.07, 6.45) is -0.430. The second-order valence-electron chi connectivity index (χ2n) is 10.4. The summed E-state index contributed by atoms with van der Waals surface area (Å²) in [7, 11) is 0. The van der Waals surface area contributed by atoms with Crippen LogP contribution in [0, 0.1) is 0 Å². The minimum absolute atomic E-state index is 0.160. The molecule has 2 rings (SSSR count). The molecule has 0 bridgehead atoms. The van der Waals surface area contributed by atoms with Crippen molar-refractivity contribution in [3.05, 3.63) is 65.7 Å². The van der Waals surface area contributed by atoms with Crippen molar-refractivity contribution in [2.45, 2.75) is 77.7 Å². The first-order chi connectivity index (χ1) is 17.3. The minimum atomic E-state index is -1.38. The van der Waals surface area contributed by atoms with Gasteiger partial charge in [0.1, 0.15) is 23.4 Å². The molecule has 202 valence electrons. The SMILES string of the molecule is CCC(C)(C)N(C(=O)C(CO)NC(=O)OC(C)(C)C)C(C(=O)NCc1ccccc1)c1ccccc1O. The number of rotatable bonds is 10. The van der Waals surface area contributed by atoms with E-state index >= 15 is 0 Å². The van der Waals surface area contributed by atoms with E-state index in [2.05, 4.69) is 10.6 Å². The number of nitrogens with one attached hydrogen (secondary N) is 2. The largest absolute Gasteiger partial charge is 0.508 e. The van der Waals surface area contributed by atoms with Crippen LogP contribution in [0.15, 0.2) is 54.6 Å². The molecule has 0 aliphatic heterocycles. The van der Waals surface area contributed by atoms with Crippen LogP contribution in [0.5, 0.6) is 5.75 Å². The number of carbonyl (C=O) groups excluding carboxylic acids is 3. The van der Waals surface area contributed by atoms with E-state index in [9.17, 15) is 24.6 Å². The van der Waals surface area contributed by atoms with Gasteiger partial charge in [0.2, 0.25) is 11.8 Å². The van der Waals surface area contributed by atoms with Gasteiger partial charge in [-0.3, -0.25) is 9.59 Å². The van der Waals surface area contributed by atoms with Crippen LogP contribution in [0.1, 0.15) is 65.1 Å². The van der Waals surface area contributed by atoms with Gasteiger partial charge in [-0.15, -0.1) is 0 Å². The van der Waals surface area contributed by atoms with Crippen molar-refractivity contribution in [2.24, 2.45) is 0 Å². The highest BCUT2D eigenvalue weighted by Gasteiger charge is 2.43. The van der Waals surface area contributed by atoms with Gasteiger partial charge >= 0.3 is 6.09 Å². The number of hydrogen-bond donors (Lipinski definition) is 4. The third kappa shape index (κ3) is 8.21. The summed E-state index contributed by atoms with van der Waals surface area (Å²) >= 11 is 0. The number of phenolic OH excluding ortho intramolecular Hbond substituents is 1. The van der Waals surface area contributed by atoms with Crippen molar-refractivity contribution in [1.82, 2.24) is 15.5 Å². The van der Waals surface area contributed by atoms with Crippen molar-refractivity contribution in [1.29, 1.82) is 0 Å². The molecule has 2 atom stereocenters. The predicted molar refractivity (Wildman–Crippen MR) is 141 cm³/mol. The van der Waals surface area contributed by atoms with E-state index in [4.69, 9.17) is 4.74 Å². The molecule has 0 aromatic heterocycles. The fourth-order valence-electron chi connectivity index (χ4n) is 3.75. The molecule has 37 heavy (non-hydrogen) atoms. The number of amides is 3. The number of benzene rings is 2. The summed E-state index contributed by atoms with van der Waals surface area (Å²) < 4.78 is 5.26. The molecule has 9 heteroatoms. The predicted octanol–water partition coefficient (Wildman–Crippen LogP) is 3.65. The zero-order chi connectivity index (χ0) is 27.8. The van der Waals surface area contributed by atoms with Crippen molar-refractivity contribution in [3.63, 3.8) is 0 Å². The van der Waals surface area contributed by atoms with Crippen LogP contribution < -0.4 is 10.6 Å². The Labute approximate surface area is 218 Å². The van der Waals surface area contributed by atoms with E-state index in [1.807, 2.05) is 37.3 Å². The summed E-state index contributed by atoms with van der Waals surface area (Å²) in [5.41, 5.74) is -0.640. The molecule has 2 aromatic carbocycles. The van der Waals surface area contributed by atoms with Gasteiger partial charge in [0.05, 0.1) is 6.61 Å². The Hall–Kier alpha value is -3.59. The molecule has 0 radical (unpaired) electrons. The first kappa shape index (κ1) is 29.6. The lowest BCUT2D eigenvalue weighted by atomic mass is 9.91. The average molecular weight is 514 g/mol. The molecule has 2 aromatic rings. The van der Waals surface area contributed by atoms with E-state index in [1.165, 1.54) is 11.0 Å². The molecule has 4 N–H and O–H groups in total. The third-order valence-electron chi connectivity index (χ3n) is 5.97. The van der Waals surface area contributed by atoms with Crippen LogP contribution in [-0.4, -0.2) is 56.8 Å². The van der Waals surface area contributed by atoms with E-state index in [-0.39, 0.29) is 17.9 Å². The van der Waals surface area contributed by atoms with Crippen LogP contribution in [0.4, 0.5) is 4.79 Å². The average Bonchev–Trinajstić information content (AvgIpc) is 2.84. The molecule has 2 unspecified atom stereocenters. The maximum Gasteiger partial charge on any atom is 0.408 e. The van der Waals surface area contributed by atoms with Crippen LogP contribution in [0.2, 0.25) is 0 Å². The van der Waals surface area contributed by atoms with Crippen molar-refractivity contribution in [2.75, 3.05) is 6.61 Å². The Morgan fingerprint density at radius 1 is 0.973 bits per heavy atom. The molecular formula is C28H39N3O6.